The van der Waals surface area contributed by atoms with Gasteiger partial charge in [0.25, 0.3) is 0 Å². The van der Waals surface area contributed by atoms with Gasteiger partial charge in [0, 0.05) is 34.6 Å². The highest BCUT2D eigenvalue weighted by atomic mass is 16.5. The van der Waals surface area contributed by atoms with Crippen molar-refractivity contribution in [3.63, 3.8) is 0 Å². The molecule has 0 amide bonds. The number of hydrogen-bond donors (Lipinski definition) is 2. The normalized spacial score (nSPS) is 10.7. The Kier molecular flexibility index (Phi) is 4.87. The van der Waals surface area contributed by atoms with Crippen LogP contribution in [0.3, 0.4) is 0 Å². The zero-order chi connectivity index (χ0) is 20.4. The van der Waals surface area contributed by atoms with Crippen LogP contribution in [0.25, 0.3) is 33.6 Å². The SMILES string of the molecule is COc1ccc(O)c(-c2ccc(-c3ccc(-c4cc(C)ccc4O)cn3)nc2)c1. The molecule has 0 unspecified atom stereocenters. The summed E-state index contributed by atoms with van der Waals surface area (Å²) in [7, 11) is 1.59. The molecule has 5 heteroatoms. The molecule has 2 heterocycles. The second-order valence-electron chi connectivity index (χ2n) is 6.77. The Morgan fingerprint density at radius 2 is 1.24 bits per heavy atom. The molecular formula is C24H20N2O3. The molecule has 0 radical (unpaired) electrons. The smallest absolute Gasteiger partial charge is 0.123 e. The minimum atomic E-state index is 0.167. The Morgan fingerprint density at radius 1 is 0.690 bits per heavy atom. The van der Waals surface area contributed by atoms with Crippen LogP contribution in [0.1, 0.15) is 5.56 Å². The fraction of sp³-hybridized carbons (Fsp3) is 0.0833. The number of hydrogen-bond acceptors (Lipinski definition) is 5. The number of aromatic hydroxyl groups is 2. The quantitative estimate of drug-likeness (QED) is 0.505. The van der Waals surface area contributed by atoms with E-state index in [1.54, 1.807) is 43.8 Å². The molecule has 4 rings (SSSR count). The standard InChI is InChI=1S/C24H20N2O3/c1-15-3-9-23(27)19(11-15)16-4-7-21(25-13-16)22-8-5-17(14-26-22)20-12-18(29-2)6-10-24(20)28/h3-14,27-28H,1-2H3. The summed E-state index contributed by atoms with van der Waals surface area (Å²) in [5.74, 6) is 1.06. The highest BCUT2D eigenvalue weighted by Gasteiger charge is 2.09. The largest absolute Gasteiger partial charge is 0.507 e. The number of methoxy groups -OCH3 is 1. The van der Waals surface area contributed by atoms with Gasteiger partial charge in [-0.1, -0.05) is 23.8 Å². The van der Waals surface area contributed by atoms with Crippen molar-refractivity contribution in [2.24, 2.45) is 0 Å². The molecular weight excluding hydrogens is 364 g/mol. The maximum Gasteiger partial charge on any atom is 0.123 e. The van der Waals surface area contributed by atoms with Gasteiger partial charge < -0.3 is 14.9 Å². The highest BCUT2D eigenvalue weighted by molar-refractivity contribution is 5.74. The van der Waals surface area contributed by atoms with Gasteiger partial charge in [0.15, 0.2) is 0 Å². The number of phenols is 2. The number of pyridine rings is 2. The summed E-state index contributed by atoms with van der Waals surface area (Å²) in [5, 5.41) is 20.2. The van der Waals surface area contributed by atoms with Crippen LogP contribution in [-0.2, 0) is 0 Å². The van der Waals surface area contributed by atoms with E-state index in [2.05, 4.69) is 9.97 Å². The van der Waals surface area contributed by atoms with E-state index in [0.29, 0.717) is 11.3 Å². The molecule has 0 saturated carbocycles. The lowest BCUT2D eigenvalue weighted by atomic mass is 10.0. The number of rotatable bonds is 4. The van der Waals surface area contributed by atoms with Crippen molar-refractivity contribution in [3.8, 4) is 50.9 Å². The van der Waals surface area contributed by atoms with Gasteiger partial charge in [-0.25, -0.2) is 0 Å². The van der Waals surface area contributed by atoms with Gasteiger partial charge in [-0.3, -0.25) is 9.97 Å². The zero-order valence-corrected chi connectivity index (χ0v) is 16.1. The molecule has 0 atom stereocenters. The number of phenolic OH excluding ortho intramolecular Hbond substituents is 2. The molecule has 2 aromatic heterocycles. The average molecular weight is 384 g/mol. The Labute approximate surface area is 168 Å². The second kappa shape index (κ2) is 7.64. The lowest BCUT2D eigenvalue weighted by Gasteiger charge is -2.09. The molecule has 2 aromatic carbocycles. The first kappa shape index (κ1) is 18.5. The van der Waals surface area contributed by atoms with Crippen LogP contribution >= 0.6 is 0 Å². The van der Waals surface area contributed by atoms with Gasteiger partial charge in [-0.15, -0.1) is 0 Å². The Bertz CT molecular complexity index is 1150. The molecule has 144 valence electrons. The van der Waals surface area contributed by atoms with Crippen LogP contribution in [0.15, 0.2) is 73.1 Å². The highest BCUT2D eigenvalue weighted by Crippen LogP contribution is 2.33. The third kappa shape index (κ3) is 3.75. The van der Waals surface area contributed by atoms with Gasteiger partial charge in [0.2, 0.25) is 0 Å². The summed E-state index contributed by atoms with van der Waals surface area (Å²) in [4.78, 5) is 8.99. The molecule has 2 N–H and O–H groups in total. The monoisotopic (exact) mass is 384 g/mol. The summed E-state index contributed by atoms with van der Waals surface area (Å²) in [6.07, 6.45) is 3.43. The third-order valence-electron chi connectivity index (χ3n) is 4.77. The van der Waals surface area contributed by atoms with Crippen molar-refractivity contribution in [3.05, 3.63) is 78.6 Å². The molecule has 0 bridgehead atoms. The first-order valence-corrected chi connectivity index (χ1v) is 9.15. The second-order valence-corrected chi connectivity index (χ2v) is 6.77. The minimum Gasteiger partial charge on any atom is -0.507 e. The number of nitrogens with zero attached hydrogens (tertiary/aromatic N) is 2. The van der Waals surface area contributed by atoms with Crippen LogP contribution in [0.5, 0.6) is 17.2 Å². The molecule has 29 heavy (non-hydrogen) atoms. The van der Waals surface area contributed by atoms with Crippen LogP contribution < -0.4 is 4.74 Å². The van der Waals surface area contributed by atoms with Gasteiger partial charge >= 0.3 is 0 Å². The lowest BCUT2D eigenvalue weighted by molar-refractivity contribution is 0.412. The maximum absolute atomic E-state index is 10.1. The van der Waals surface area contributed by atoms with Crippen molar-refractivity contribution >= 4 is 0 Å². The summed E-state index contributed by atoms with van der Waals surface area (Å²) in [6.45, 7) is 1.98. The maximum atomic E-state index is 10.1. The lowest BCUT2D eigenvalue weighted by Crippen LogP contribution is -1.90. The fourth-order valence-electron chi connectivity index (χ4n) is 3.16. The van der Waals surface area contributed by atoms with E-state index >= 15 is 0 Å². The molecule has 0 spiro atoms. The fourth-order valence-corrected chi connectivity index (χ4v) is 3.16. The molecule has 0 aliphatic carbocycles. The van der Waals surface area contributed by atoms with Gasteiger partial charge in [-0.05, 0) is 49.4 Å². The van der Waals surface area contributed by atoms with Gasteiger partial charge in [-0.2, -0.15) is 0 Å². The van der Waals surface area contributed by atoms with Crippen molar-refractivity contribution in [2.75, 3.05) is 7.11 Å². The van der Waals surface area contributed by atoms with Gasteiger partial charge in [0.05, 0.1) is 18.5 Å². The van der Waals surface area contributed by atoms with Gasteiger partial charge in [0.1, 0.15) is 17.2 Å². The first-order valence-electron chi connectivity index (χ1n) is 9.15. The Morgan fingerprint density at radius 3 is 1.76 bits per heavy atom. The van der Waals surface area contributed by atoms with Crippen LogP contribution in [0.2, 0.25) is 0 Å². The molecule has 5 nitrogen and oxygen atoms in total. The van der Waals surface area contributed by atoms with Crippen molar-refractivity contribution < 1.29 is 14.9 Å². The van der Waals surface area contributed by atoms with Crippen molar-refractivity contribution in [2.45, 2.75) is 6.92 Å². The first-order chi connectivity index (χ1) is 14.0. The van der Waals surface area contributed by atoms with Crippen LogP contribution in [0, 0.1) is 6.92 Å². The van der Waals surface area contributed by atoms with Crippen molar-refractivity contribution in [1.29, 1.82) is 0 Å². The van der Waals surface area contributed by atoms with E-state index in [4.69, 9.17) is 4.74 Å². The number of ether oxygens (including phenoxy) is 1. The Hall–Kier alpha value is -3.86. The van der Waals surface area contributed by atoms with E-state index in [-0.39, 0.29) is 11.5 Å². The molecule has 0 fully saturated rings. The number of aryl methyl sites for hydroxylation is 1. The van der Waals surface area contributed by atoms with E-state index in [9.17, 15) is 10.2 Å². The predicted molar refractivity (Wildman–Crippen MR) is 113 cm³/mol. The number of aromatic nitrogens is 2. The minimum absolute atomic E-state index is 0.167. The summed E-state index contributed by atoms with van der Waals surface area (Å²) in [5.41, 5.74) is 5.54. The molecule has 4 aromatic rings. The molecule has 0 aliphatic rings. The van der Waals surface area contributed by atoms with Crippen molar-refractivity contribution in [1.82, 2.24) is 9.97 Å². The average Bonchev–Trinajstić information content (AvgIpc) is 2.76. The van der Waals surface area contributed by atoms with E-state index in [0.717, 1.165) is 33.6 Å². The third-order valence-corrected chi connectivity index (χ3v) is 4.77. The molecule has 0 saturated heterocycles. The summed E-state index contributed by atoms with van der Waals surface area (Å²) >= 11 is 0. The zero-order valence-electron chi connectivity index (χ0n) is 16.1. The molecule has 0 aliphatic heterocycles. The topological polar surface area (TPSA) is 75.5 Å². The van der Waals surface area contributed by atoms with Crippen LogP contribution in [0.4, 0.5) is 0 Å². The summed E-state index contributed by atoms with van der Waals surface area (Å²) < 4.78 is 5.23. The van der Waals surface area contributed by atoms with E-state index < -0.39 is 0 Å². The Balaban J connectivity index is 1.62. The van der Waals surface area contributed by atoms with E-state index in [1.807, 2.05) is 43.3 Å². The summed E-state index contributed by atoms with van der Waals surface area (Å²) in [6, 6.07) is 18.1. The van der Waals surface area contributed by atoms with Crippen LogP contribution in [-0.4, -0.2) is 27.3 Å². The number of benzene rings is 2. The predicted octanol–water partition coefficient (Wildman–Crippen LogP) is 5.21. The van der Waals surface area contributed by atoms with E-state index in [1.165, 1.54) is 0 Å².